The van der Waals surface area contributed by atoms with Crippen molar-refractivity contribution in [2.75, 3.05) is 0 Å². The van der Waals surface area contributed by atoms with Crippen LogP contribution in [0.1, 0.15) is 60.8 Å². The molecule has 0 aromatic rings. The third kappa shape index (κ3) is 3.12. The standard InChI is InChI=1S/C15H26O3/c1-7-8-15(5,6)12-10(14(2,3)4)9-11(16)18-13(12)17/h10,12H,7-9H2,1-6H3. The van der Waals surface area contributed by atoms with E-state index in [4.69, 9.17) is 4.74 Å². The maximum absolute atomic E-state index is 12.1. The molecule has 0 aromatic heterocycles. The second-order valence-corrected chi connectivity index (χ2v) is 7.19. The molecule has 1 saturated heterocycles. The van der Waals surface area contributed by atoms with Crippen molar-refractivity contribution < 1.29 is 14.3 Å². The zero-order chi connectivity index (χ0) is 14.1. The lowest BCUT2D eigenvalue weighted by Crippen LogP contribution is -2.48. The fourth-order valence-corrected chi connectivity index (χ4v) is 3.15. The van der Waals surface area contributed by atoms with Crippen LogP contribution in [0.3, 0.4) is 0 Å². The van der Waals surface area contributed by atoms with Crippen LogP contribution >= 0.6 is 0 Å². The SMILES string of the molecule is CCCC(C)(C)C1C(=O)OC(=O)CC1C(C)(C)C. The molecule has 0 radical (unpaired) electrons. The number of rotatable bonds is 3. The van der Waals surface area contributed by atoms with Crippen molar-refractivity contribution in [2.24, 2.45) is 22.7 Å². The van der Waals surface area contributed by atoms with E-state index in [9.17, 15) is 9.59 Å². The van der Waals surface area contributed by atoms with Gasteiger partial charge in [0.15, 0.2) is 0 Å². The van der Waals surface area contributed by atoms with Crippen LogP contribution in [0.25, 0.3) is 0 Å². The Balaban J connectivity index is 3.10. The van der Waals surface area contributed by atoms with Gasteiger partial charge in [0.25, 0.3) is 0 Å². The summed E-state index contributed by atoms with van der Waals surface area (Å²) in [5.74, 6) is -0.823. The van der Waals surface area contributed by atoms with Gasteiger partial charge in [0.1, 0.15) is 0 Å². The third-order valence-electron chi connectivity index (χ3n) is 4.11. The molecule has 0 saturated carbocycles. The molecule has 1 aliphatic rings. The molecular formula is C15H26O3. The number of hydrogen-bond acceptors (Lipinski definition) is 3. The maximum atomic E-state index is 12.1. The molecule has 1 aliphatic heterocycles. The molecule has 2 atom stereocenters. The highest BCUT2D eigenvalue weighted by Gasteiger charge is 2.50. The summed E-state index contributed by atoms with van der Waals surface area (Å²) in [7, 11) is 0. The van der Waals surface area contributed by atoms with Crippen molar-refractivity contribution in [1.82, 2.24) is 0 Å². The van der Waals surface area contributed by atoms with Gasteiger partial charge >= 0.3 is 11.9 Å². The normalized spacial score (nSPS) is 26.1. The fourth-order valence-electron chi connectivity index (χ4n) is 3.15. The van der Waals surface area contributed by atoms with Crippen molar-refractivity contribution in [2.45, 2.75) is 60.8 Å². The van der Waals surface area contributed by atoms with Crippen LogP contribution in [-0.4, -0.2) is 11.9 Å². The first kappa shape index (κ1) is 15.2. The summed E-state index contributed by atoms with van der Waals surface area (Å²) in [5.41, 5.74) is -0.185. The quantitative estimate of drug-likeness (QED) is 0.571. The van der Waals surface area contributed by atoms with Crippen LogP contribution in [0.4, 0.5) is 0 Å². The van der Waals surface area contributed by atoms with E-state index in [-0.39, 0.29) is 34.6 Å². The minimum absolute atomic E-state index is 0.0628. The van der Waals surface area contributed by atoms with E-state index >= 15 is 0 Å². The Morgan fingerprint density at radius 2 is 1.72 bits per heavy atom. The van der Waals surface area contributed by atoms with E-state index in [1.807, 2.05) is 0 Å². The van der Waals surface area contributed by atoms with Crippen molar-refractivity contribution >= 4 is 11.9 Å². The molecule has 0 amide bonds. The first-order chi connectivity index (χ1) is 8.09. The molecule has 104 valence electrons. The molecule has 0 N–H and O–H groups in total. The molecule has 2 unspecified atom stereocenters. The van der Waals surface area contributed by atoms with Crippen molar-refractivity contribution in [3.63, 3.8) is 0 Å². The Kier molecular flexibility index (Phi) is 4.24. The summed E-state index contributed by atoms with van der Waals surface area (Å²) in [5, 5.41) is 0. The zero-order valence-corrected chi connectivity index (χ0v) is 12.5. The van der Waals surface area contributed by atoms with Gasteiger partial charge in [-0.05, 0) is 23.2 Å². The van der Waals surface area contributed by atoms with Gasteiger partial charge in [0.2, 0.25) is 0 Å². The van der Waals surface area contributed by atoms with E-state index in [1.54, 1.807) is 0 Å². The Bertz CT molecular complexity index is 336. The van der Waals surface area contributed by atoms with Crippen LogP contribution < -0.4 is 0 Å². The lowest BCUT2D eigenvalue weighted by molar-refractivity contribution is -0.179. The van der Waals surface area contributed by atoms with E-state index in [0.717, 1.165) is 12.8 Å². The van der Waals surface area contributed by atoms with E-state index in [0.29, 0.717) is 6.42 Å². The summed E-state index contributed by atoms with van der Waals surface area (Å²) < 4.78 is 4.88. The van der Waals surface area contributed by atoms with Crippen molar-refractivity contribution in [3.8, 4) is 0 Å². The van der Waals surface area contributed by atoms with Gasteiger partial charge in [-0.2, -0.15) is 0 Å². The molecule has 1 fully saturated rings. The molecule has 0 spiro atoms. The Morgan fingerprint density at radius 1 is 1.17 bits per heavy atom. The number of carbonyl (C=O) groups is 2. The van der Waals surface area contributed by atoms with Gasteiger partial charge in [-0.3, -0.25) is 9.59 Å². The minimum atomic E-state index is -0.372. The molecular weight excluding hydrogens is 228 g/mol. The van der Waals surface area contributed by atoms with Crippen LogP contribution in [0.15, 0.2) is 0 Å². The highest BCUT2D eigenvalue weighted by molar-refractivity contribution is 5.90. The van der Waals surface area contributed by atoms with Crippen LogP contribution in [0.5, 0.6) is 0 Å². The van der Waals surface area contributed by atoms with E-state index < -0.39 is 0 Å². The average molecular weight is 254 g/mol. The van der Waals surface area contributed by atoms with Gasteiger partial charge in [0.05, 0.1) is 12.3 Å². The molecule has 0 aliphatic carbocycles. The molecule has 0 bridgehead atoms. The molecule has 18 heavy (non-hydrogen) atoms. The molecule has 1 rings (SSSR count). The lowest BCUT2D eigenvalue weighted by Gasteiger charge is -2.45. The first-order valence-electron chi connectivity index (χ1n) is 6.84. The van der Waals surface area contributed by atoms with Gasteiger partial charge < -0.3 is 4.74 Å². The number of cyclic esters (lactones) is 2. The topological polar surface area (TPSA) is 43.4 Å². The number of hydrogen-bond donors (Lipinski definition) is 0. The second-order valence-electron chi connectivity index (χ2n) is 7.19. The number of carbonyl (C=O) groups excluding carboxylic acids is 2. The van der Waals surface area contributed by atoms with Gasteiger partial charge in [-0.15, -0.1) is 0 Å². The van der Waals surface area contributed by atoms with Crippen LogP contribution in [0.2, 0.25) is 0 Å². The first-order valence-corrected chi connectivity index (χ1v) is 6.84. The van der Waals surface area contributed by atoms with Gasteiger partial charge in [-0.25, -0.2) is 0 Å². The largest absolute Gasteiger partial charge is 0.393 e. The van der Waals surface area contributed by atoms with E-state index in [1.165, 1.54) is 0 Å². The molecule has 3 heteroatoms. The molecule has 0 aromatic carbocycles. The summed E-state index contributed by atoms with van der Waals surface area (Å²) in [4.78, 5) is 23.7. The highest BCUT2D eigenvalue weighted by Crippen LogP contribution is 2.48. The highest BCUT2D eigenvalue weighted by atomic mass is 16.6. The van der Waals surface area contributed by atoms with Crippen molar-refractivity contribution in [3.05, 3.63) is 0 Å². The van der Waals surface area contributed by atoms with Gasteiger partial charge in [0, 0.05) is 0 Å². The molecule has 1 heterocycles. The Hall–Kier alpha value is -0.860. The Morgan fingerprint density at radius 3 is 2.17 bits per heavy atom. The molecule has 3 nitrogen and oxygen atoms in total. The monoisotopic (exact) mass is 254 g/mol. The number of ether oxygens (including phenoxy) is 1. The van der Waals surface area contributed by atoms with Crippen LogP contribution in [-0.2, 0) is 14.3 Å². The average Bonchev–Trinajstić information content (AvgIpc) is 2.13. The number of esters is 2. The fraction of sp³-hybridized carbons (Fsp3) is 0.867. The smallest absolute Gasteiger partial charge is 0.317 e. The second kappa shape index (κ2) is 5.02. The van der Waals surface area contributed by atoms with E-state index in [2.05, 4.69) is 41.5 Å². The summed E-state index contributed by atoms with van der Waals surface area (Å²) in [6.45, 7) is 12.6. The predicted octanol–water partition coefficient (Wildman–Crippen LogP) is 3.56. The van der Waals surface area contributed by atoms with Crippen molar-refractivity contribution in [1.29, 1.82) is 0 Å². The van der Waals surface area contributed by atoms with Crippen LogP contribution in [0, 0.1) is 22.7 Å². The summed E-state index contributed by atoms with van der Waals surface area (Å²) in [6, 6.07) is 0. The minimum Gasteiger partial charge on any atom is -0.393 e. The lowest BCUT2D eigenvalue weighted by atomic mass is 9.60. The predicted molar refractivity (Wildman–Crippen MR) is 70.8 cm³/mol. The maximum Gasteiger partial charge on any atom is 0.317 e. The van der Waals surface area contributed by atoms with Gasteiger partial charge in [-0.1, -0.05) is 48.0 Å². The zero-order valence-electron chi connectivity index (χ0n) is 12.5. The Labute approximate surface area is 110 Å². The third-order valence-corrected chi connectivity index (χ3v) is 4.11. The summed E-state index contributed by atoms with van der Waals surface area (Å²) >= 11 is 0. The summed E-state index contributed by atoms with van der Waals surface area (Å²) in [6.07, 6.45) is 2.35.